The van der Waals surface area contributed by atoms with Crippen LogP contribution in [0.5, 0.6) is 0 Å². The van der Waals surface area contributed by atoms with E-state index in [0.29, 0.717) is 0 Å². The van der Waals surface area contributed by atoms with Gasteiger partial charge in [0.1, 0.15) is 0 Å². The van der Waals surface area contributed by atoms with Crippen LogP contribution in [0.3, 0.4) is 0 Å². The Morgan fingerprint density at radius 2 is 0.667 bits per heavy atom. The van der Waals surface area contributed by atoms with Crippen molar-refractivity contribution in [1.82, 2.24) is 0 Å². The van der Waals surface area contributed by atoms with Gasteiger partial charge in [0.25, 0.3) is 0 Å². The van der Waals surface area contributed by atoms with E-state index in [4.69, 9.17) is 10.2 Å². The maximum absolute atomic E-state index is 7.00. The van der Waals surface area contributed by atoms with Gasteiger partial charge in [0, 0.05) is 14.2 Å². The van der Waals surface area contributed by atoms with Gasteiger partial charge in [-0.25, -0.2) is 0 Å². The molecule has 0 aromatic rings. The Bertz CT molecular complexity index is 11.0. The molecular weight excluding hydrogens is 195 g/mol. The first-order valence-electron chi connectivity index (χ1n) is 2.31. The van der Waals surface area contributed by atoms with Crippen LogP contribution < -0.4 is 0 Å². The van der Waals surface area contributed by atoms with Crippen molar-refractivity contribution >= 4 is 0 Å². The first-order valence-corrected chi connectivity index (χ1v) is 2.31. The van der Waals surface area contributed by atoms with E-state index in [2.05, 4.69) is 13.8 Å². The average Bonchev–Trinajstić information content (AvgIpc) is 2.03. The van der Waals surface area contributed by atoms with Crippen molar-refractivity contribution in [3.05, 3.63) is 13.8 Å². The van der Waals surface area contributed by atoms with Crippen molar-refractivity contribution in [1.29, 1.82) is 0 Å². The molecule has 0 rings (SSSR count). The zero-order valence-corrected chi connectivity index (χ0v) is 9.27. The third-order valence-electron chi connectivity index (χ3n) is 0. The molecule has 0 aliphatic rings. The predicted octanol–water partition coefficient (Wildman–Crippen LogP) is 0.895. The quantitative estimate of drug-likeness (QED) is 0.587. The molecule has 0 atom stereocenters. The predicted molar refractivity (Wildman–Crippen MR) is 38.3 cm³/mol. The average molecular weight is 213 g/mol. The Morgan fingerprint density at radius 3 is 0.667 bits per heavy atom. The van der Waals surface area contributed by atoms with Crippen LogP contribution in [-0.2, 0) is 26.2 Å². The molecule has 58 valence electrons. The number of rotatable bonds is 0. The van der Waals surface area contributed by atoms with Crippen molar-refractivity contribution in [3.63, 3.8) is 0 Å². The summed E-state index contributed by atoms with van der Waals surface area (Å²) < 4.78 is 0. The van der Waals surface area contributed by atoms with Gasteiger partial charge in [-0.05, 0) is 0 Å². The van der Waals surface area contributed by atoms with E-state index in [-0.39, 0.29) is 26.2 Å². The second-order valence-electron chi connectivity index (χ2n) is 0. The molecule has 0 heterocycles. The van der Waals surface area contributed by atoms with Gasteiger partial charge < -0.3 is 24.1 Å². The van der Waals surface area contributed by atoms with Crippen LogP contribution in [0.15, 0.2) is 0 Å². The fraction of sp³-hybridized carbons (Fsp3) is 0.667. The van der Waals surface area contributed by atoms with E-state index in [1.807, 2.05) is 0 Å². The summed E-state index contributed by atoms with van der Waals surface area (Å²) in [5, 5.41) is 14.0. The molecule has 9 heavy (non-hydrogen) atoms. The Balaban J connectivity index is -0.00000000762. The molecule has 0 aromatic heterocycles. The molecule has 0 saturated heterocycles. The fourth-order valence-corrected chi connectivity index (χ4v) is 0. The van der Waals surface area contributed by atoms with Gasteiger partial charge in [-0.1, -0.05) is 0 Å². The largest absolute Gasteiger partial charge is 2.00 e. The van der Waals surface area contributed by atoms with Crippen LogP contribution in [0.1, 0.15) is 13.8 Å². The van der Waals surface area contributed by atoms with E-state index in [9.17, 15) is 0 Å². The number of hydrogen-bond donors (Lipinski definition) is 2. The van der Waals surface area contributed by atoms with Crippen molar-refractivity contribution in [3.8, 4) is 0 Å². The third-order valence-corrected chi connectivity index (χ3v) is 0. The van der Waals surface area contributed by atoms with E-state index in [1.54, 1.807) is 13.8 Å². The third kappa shape index (κ3) is 632. The topological polar surface area (TPSA) is 40.5 Å². The van der Waals surface area contributed by atoms with Crippen LogP contribution in [-0.4, -0.2) is 24.4 Å². The molecular formula is C6H18O2Zr. The molecule has 2 N–H and O–H groups in total. The van der Waals surface area contributed by atoms with Gasteiger partial charge in [0.05, 0.1) is 0 Å². The Kier molecular flexibility index (Phi) is 3040. The molecule has 0 unspecified atom stereocenters. The van der Waals surface area contributed by atoms with Crippen molar-refractivity contribution in [2.75, 3.05) is 14.2 Å². The second kappa shape index (κ2) is 831. The second-order valence-corrected chi connectivity index (χ2v) is 0. The summed E-state index contributed by atoms with van der Waals surface area (Å²) in [6, 6.07) is 0. The molecule has 0 amide bonds. The van der Waals surface area contributed by atoms with Crippen molar-refractivity contribution in [2.24, 2.45) is 0 Å². The molecule has 0 fully saturated rings. The number of hydrogen-bond acceptors (Lipinski definition) is 2. The molecule has 0 spiro atoms. The molecule has 0 radical (unpaired) electrons. The molecule has 0 bridgehead atoms. The first kappa shape index (κ1) is 32.9. The van der Waals surface area contributed by atoms with Crippen LogP contribution in [0.25, 0.3) is 0 Å². The maximum Gasteiger partial charge on any atom is 2.00 e. The van der Waals surface area contributed by atoms with E-state index < -0.39 is 0 Å². The van der Waals surface area contributed by atoms with E-state index in [1.165, 1.54) is 0 Å². The Hall–Kier alpha value is 0.803. The molecule has 0 aliphatic carbocycles. The summed E-state index contributed by atoms with van der Waals surface area (Å²) in [7, 11) is 2.00. The molecule has 0 aliphatic heterocycles. The fourth-order valence-electron chi connectivity index (χ4n) is 0. The number of aliphatic hydroxyl groups is 2. The maximum atomic E-state index is 7.00. The summed E-state index contributed by atoms with van der Waals surface area (Å²) >= 11 is 0. The van der Waals surface area contributed by atoms with Gasteiger partial charge in [-0.3, -0.25) is 0 Å². The standard InChI is InChI=1S/2C2H5.2CH4O.Zr/c4*1-2;/h2*1H2,2H3;2*2H,1H3;/q2*-1;;;+2. The zero-order valence-electron chi connectivity index (χ0n) is 6.81. The molecule has 2 nitrogen and oxygen atoms in total. The summed E-state index contributed by atoms with van der Waals surface area (Å²) in [6.45, 7) is 10.0. The van der Waals surface area contributed by atoms with Gasteiger partial charge in [0.2, 0.25) is 0 Å². The molecule has 0 saturated carbocycles. The van der Waals surface area contributed by atoms with Crippen molar-refractivity contribution in [2.45, 2.75) is 13.8 Å². The van der Waals surface area contributed by atoms with Gasteiger partial charge in [-0.2, -0.15) is 13.8 Å². The van der Waals surface area contributed by atoms with Crippen LogP contribution >= 0.6 is 0 Å². The Morgan fingerprint density at radius 1 is 0.667 bits per heavy atom. The number of aliphatic hydroxyl groups excluding tert-OH is 2. The minimum Gasteiger partial charge on any atom is -0.400 e. The van der Waals surface area contributed by atoms with Gasteiger partial charge in [0.15, 0.2) is 0 Å². The zero-order chi connectivity index (χ0) is 8.00. The first-order chi connectivity index (χ1) is 4.00. The van der Waals surface area contributed by atoms with E-state index >= 15 is 0 Å². The van der Waals surface area contributed by atoms with Crippen LogP contribution in [0.2, 0.25) is 0 Å². The SMILES string of the molecule is CO.CO.[CH2-]C.[CH2-]C.[Zr+2]. The van der Waals surface area contributed by atoms with Gasteiger partial charge >= 0.3 is 26.2 Å². The van der Waals surface area contributed by atoms with E-state index in [0.717, 1.165) is 14.2 Å². The summed E-state index contributed by atoms with van der Waals surface area (Å²) in [4.78, 5) is 0. The molecule has 0 aromatic carbocycles. The summed E-state index contributed by atoms with van der Waals surface area (Å²) in [6.07, 6.45) is 0. The molecule has 3 heteroatoms. The summed E-state index contributed by atoms with van der Waals surface area (Å²) in [5.41, 5.74) is 0. The normalized spacial score (nSPS) is 2.67. The summed E-state index contributed by atoms with van der Waals surface area (Å²) in [5.74, 6) is 0. The van der Waals surface area contributed by atoms with Gasteiger partial charge in [-0.15, -0.1) is 0 Å². The minimum atomic E-state index is 0. The Labute approximate surface area is 78.4 Å². The van der Waals surface area contributed by atoms with Crippen LogP contribution in [0.4, 0.5) is 0 Å². The monoisotopic (exact) mass is 212 g/mol. The smallest absolute Gasteiger partial charge is 0.400 e. The minimum absolute atomic E-state index is 0. The van der Waals surface area contributed by atoms with Crippen molar-refractivity contribution < 1.29 is 36.4 Å². The van der Waals surface area contributed by atoms with Crippen LogP contribution in [0, 0.1) is 13.8 Å².